The topological polar surface area (TPSA) is 119 Å². The molecule has 1 aliphatic rings. The number of aryl methyl sites for hydroxylation is 1. The molecule has 1 saturated carbocycles. The van der Waals surface area contributed by atoms with Gasteiger partial charge in [0.05, 0.1) is 35.8 Å². The maximum absolute atomic E-state index is 15.1. The zero-order chi connectivity index (χ0) is 27.0. The maximum atomic E-state index is 15.1. The number of hydrogen-bond donors (Lipinski definition) is 3. The number of nitrogens with one attached hydrogen (secondary N) is 3. The highest BCUT2D eigenvalue weighted by molar-refractivity contribution is 6.34. The van der Waals surface area contributed by atoms with Gasteiger partial charge in [-0.1, -0.05) is 11.6 Å². The fourth-order valence-electron chi connectivity index (χ4n) is 3.71. The van der Waals surface area contributed by atoms with E-state index >= 15 is 4.39 Å². The molecule has 38 heavy (non-hydrogen) atoms. The molecule has 5 rings (SSSR count). The third-order valence-corrected chi connectivity index (χ3v) is 6.09. The van der Waals surface area contributed by atoms with Gasteiger partial charge in [-0.2, -0.15) is 5.10 Å². The zero-order valence-electron chi connectivity index (χ0n) is 20.1. The van der Waals surface area contributed by atoms with E-state index < -0.39 is 34.3 Å². The number of ether oxygens (including phenoxy) is 2. The molecule has 1 fully saturated rings. The number of urea groups is 1. The molecule has 10 nitrogen and oxygen atoms in total. The van der Waals surface area contributed by atoms with Crippen LogP contribution in [0.25, 0.3) is 10.9 Å². The Labute approximate surface area is 219 Å². The molecular formula is C25H21ClF2N6O4. The van der Waals surface area contributed by atoms with Gasteiger partial charge in [0, 0.05) is 43.0 Å². The van der Waals surface area contributed by atoms with Crippen molar-refractivity contribution in [1.29, 1.82) is 0 Å². The van der Waals surface area contributed by atoms with E-state index in [1.807, 2.05) is 0 Å². The summed E-state index contributed by atoms with van der Waals surface area (Å²) in [4.78, 5) is 29.2. The van der Waals surface area contributed by atoms with E-state index in [-0.39, 0.29) is 34.2 Å². The zero-order valence-corrected chi connectivity index (χ0v) is 20.9. The van der Waals surface area contributed by atoms with Crippen molar-refractivity contribution in [2.24, 2.45) is 7.05 Å². The summed E-state index contributed by atoms with van der Waals surface area (Å²) in [6, 6.07) is 4.63. The predicted molar refractivity (Wildman–Crippen MR) is 136 cm³/mol. The molecule has 0 aliphatic heterocycles. The minimum atomic E-state index is -1.21. The van der Waals surface area contributed by atoms with Crippen molar-refractivity contribution in [1.82, 2.24) is 20.1 Å². The molecule has 4 aromatic rings. The van der Waals surface area contributed by atoms with Crippen molar-refractivity contribution in [3.63, 3.8) is 0 Å². The molecular weight excluding hydrogens is 522 g/mol. The summed E-state index contributed by atoms with van der Waals surface area (Å²) in [6.45, 7) is 0. The van der Waals surface area contributed by atoms with E-state index in [2.05, 4.69) is 26.0 Å². The average molecular weight is 543 g/mol. The van der Waals surface area contributed by atoms with Gasteiger partial charge >= 0.3 is 6.03 Å². The fraction of sp³-hybridized carbons (Fsp3) is 0.200. The quantitative estimate of drug-likeness (QED) is 0.275. The SMILES string of the molecule is COc1cc2nccc(Oc3c(F)cc(NC(=O)NC4CC4)c(Cl)c3F)c2cc1C(=O)Nc1cnn(C)c1. The number of halogens is 3. The molecule has 0 atom stereocenters. The normalized spacial score (nSPS) is 12.8. The van der Waals surface area contributed by atoms with Gasteiger partial charge in [-0.3, -0.25) is 14.5 Å². The number of rotatable bonds is 7. The van der Waals surface area contributed by atoms with Crippen LogP contribution in [0.1, 0.15) is 23.2 Å². The number of fused-ring (bicyclic) bond motifs is 1. The summed E-state index contributed by atoms with van der Waals surface area (Å²) in [6.07, 6.45) is 6.16. The summed E-state index contributed by atoms with van der Waals surface area (Å²) in [5.74, 6) is -3.36. The number of carbonyl (C=O) groups excluding carboxylic acids is 2. The lowest BCUT2D eigenvalue weighted by atomic mass is 10.1. The largest absolute Gasteiger partial charge is 0.496 e. The molecule has 2 aromatic heterocycles. The second-order valence-corrected chi connectivity index (χ2v) is 8.95. The number of hydrogen-bond acceptors (Lipinski definition) is 6. The van der Waals surface area contributed by atoms with Crippen LogP contribution in [0.15, 0.2) is 42.9 Å². The number of amides is 3. The number of pyridine rings is 1. The van der Waals surface area contributed by atoms with Crippen LogP contribution in [-0.2, 0) is 7.05 Å². The number of nitrogens with zero attached hydrogens (tertiary/aromatic N) is 3. The smallest absolute Gasteiger partial charge is 0.319 e. The summed E-state index contributed by atoms with van der Waals surface area (Å²) in [5.41, 5.74) is 0.688. The first kappa shape index (κ1) is 25.2. The molecule has 0 saturated heterocycles. The standard InChI is InChI=1S/C25H21ClF2N6O4/c1-34-11-13(10-30-34)31-24(35)15-7-14-17(9-20(15)37-2)29-6-5-19(14)38-23-16(27)8-18(21(26)22(23)28)33-25(36)32-12-3-4-12/h5-12H,3-4H2,1-2H3,(H,31,35)(H2,32,33,36). The van der Waals surface area contributed by atoms with Crippen molar-refractivity contribution in [2.75, 3.05) is 17.7 Å². The van der Waals surface area contributed by atoms with Gasteiger partial charge in [0.15, 0.2) is 17.4 Å². The molecule has 3 amide bonds. The lowest BCUT2D eigenvalue weighted by Gasteiger charge is -2.15. The number of anilines is 2. The Balaban J connectivity index is 1.48. The minimum Gasteiger partial charge on any atom is -0.496 e. The van der Waals surface area contributed by atoms with E-state index in [9.17, 15) is 14.0 Å². The summed E-state index contributed by atoms with van der Waals surface area (Å²) >= 11 is 6.08. The van der Waals surface area contributed by atoms with Gasteiger partial charge in [-0.05, 0) is 25.0 Å². The highest BCUT2D eigenvalue weighted by atomic mass is 35.5. The Bertz CT molecular complexity index is 1570. The maximum Gasteiger partial charge on any atom is 0.319 e. The molecule has 13 heteroatoms. The Kier molecular flexibility index (Phi) is 6.72. The van der Waals surface area contributed by atoms with Gasteiger partial charge in [0.25, 0.3) is 5.91 Å². The first-order valence-corrected chi connectivity index (χ1v) is 11.8. The van der Waals surface area contributed by atoms with E-state index in [1.54, 1.807) is 13.2 Å². The van der Waals surface area contributed by atoms with Crippen LogP contribution in [-0.4, -0.2) is 39.9 Å². The molecule has 2 heterocycles. The Morgan fingerprint density at radius 2 is 1.95 bits per heavy atom. The molecule has 0 spiro atoms. The van der Waals surface area contributed by atoms with E-state index in [0.717, 1.165) is 18.9 Å². The third-order valence-electron chi connectivity index (χ3n) is 5.72. The monoisotopic (exact) mass is 542 g/mol. The Morgan fingerprint density at radius 3 is 2.63 bits per heavy atom. The lowest BCUT2D eigenvalue weighted by molar-refractivity contribution is 0.102. The first-order chi connectivity index (χ1) is 18.2. The molecule has 2 aromatic carbocycles. The predicted octanol–water partition coefficient (Wildman–Crippen LogP) is 5.24. The van der Waals surface area contributed by atoms with Gasteiger partial charge in [-0.25, -0.2) is 13.6 Å². The van der Waals surface area contributed by atoms with Crippen molar-refractivity contribution in [3.8, 4) is 17.2 Å². The van der Waals surface area contributed by atoms with Crippen LogP contribution in [0.5, 0.6) is 17.2 Å². The van der Waals surface area contributed by atoms with Crippen LogP contribution in [0.3, 0.4) is 0 Å². The van der Waals surface area contributed by atoms with Crippen molar-refractivity contribution in [3.05, 3.63) is 65.1 Å². The minimum absolute atomic E-state index is 0.00846. The van der Waals surface area contributed by atoms with Crippen molar-refractivity contribution < 1.29 is 27.8 Å². The summed E-state index contributed by atoms with van der Waals surface area (Å²) in [5, 5.41) is 11.5. The molecule has 0 bridgehead atoms. The number of aromatic nitrogens is 3. The average Bonchev–Trinajstić information content (AvgIpc) is 3.61. The number of carbonyl (C=O) groups is 2. The fourth-order valence-corrected chi connectivity index (χ4v) is 3.90. The van der Waals surface area contributed by atoms with Crippen LogP contribution < -0.4 is 25.4 Å². The van der Waals surface area contributed by atoms with E-state index in [4.69, 9.17) is 21.1 Å². The molecule has 3 N–H and O–H groups in total. The number of methoxy groups -OCH3 is 1. The van der Waals surface area contributed by atoms with Gasteiger partial charge in [0.2, 0.25) is 0 Å². The highest BCUT2D eigenvalue weighted by Crippen LogP contribution is 2.39. The van der Waals surface area contributed by atoms with Gasteiger partial charge in [-0.15, -0.1) is 0 Å². The van der Waals surface area contributed by atoms with Crippen LogP contribution in [0.4, 0.5) is 25.0 Å². The first-order valence-electron chi connectivity index (χ1n) is 11.4. The second-order valence-electron chi connectivity index (χ2n) is 8.57. The van der Waals surface area contributed by atoms with Gasteiger partial charge < -0.3 is 25.4 Å². The Morgan fingerprint density at radius 1 is 1.16 bits per heavy atom. The second kappa shape index (κ2) is 10.1. The molecule has 196 valence electrons. The van der Waals surface area contributed by atoms with Crippen LogP contribution in [0, 0.1) is 11.6 Å². The number of benzene rings is 2. The lowest BCUT2D eigenvalue weighted by Crippen LogP contribution is -2.30. The summed E-state index contributed by atoms with van der Waals surface area (Å²) in [7, 11) is 3.10. The highest BCUT2D eigenvalue weighted by Gasteiger charge is 2.26. The van der Waals surface area contributed by atoms with E-state index in [1.165, 1.54) is 42.4 Å². The third kappa shape index (κ3) is 5.16. The summed E-state index contributed by atoms with van der Waals surface area (Å²) < 4.78 is 42.6. The Hall–Kier alpha value is -4.45. The van der Waals surface area contributed by atoms with E-state index in [0.29, 0.717) is 11.2 Å². The van der Waals surface area contributed by atoms with Crippen molar-refractivity contribution >= 4 is 45.8 Å². The van der Waals surface area contributed by atoms with Gasteiger partial charge in [0.1, 0.15) is 16.5 Å². The molecule has 1 aliphatic carbocycles. The van der Waals surface area contributed by atoms with Crippen LogP contribution in [0.2, 0.25) is 5.02 Å². The van der Waals surface area contributed by atoms with Crippen molar-refractivity contribution in [2.45, 2.75) is 18.9 Å². The molecule has 0 unspecified atom stereocenters. The van der Waals surface area contributed by atoms with Crippen LogP contribution >= 0.6 is 11.6 Å². The molecule has 0 radical (unpaired) electrons.